The van der Waals surface area contributed by atoms with Crippen molar-refractivity contribution in [1.29, 1.82) is 0 Å². The fourth-order valence-corrected chi connectivity index (χ4v) is 6.66. The van der Waals surface area contributed by atoms with Crippen molar-refractivity contribution in [2.24, 2.45) is 34.0 Å². The summed E-state index contributed by atoms with van der Waals surface area (Å²) in [6.45, 7) is 13.4. The molecule has 0 aromatic rings. The van der Waals surface area contributed by atoms with Crippen LogP contribution in [0.15, 0.2) is 6.08 Å². The molecule has 150 valence electrons. The van der Waals surface area contributed by atoms with E-state index in [0.717, 1.165) is 19.3 Å². The van der Waals surface area contributed by atoms with E-state index in [1.807, 2.05) is 6.92 Å². The van der Waals surface area contributed by atoms with Crippen LogP contribution in [0, 0.1) is 40.6 Å². The highest BCUT2D eigenvalue weighted by Crippen LogP contribution is 2.67. The number of aliphatic hydroxyl groups is 2. The Kier molecular flexibility index (Phi) is 5.03. The number of rotatable bonds is 3. The van der Waals surface area contributed by atoms with Gasteiger partial charge in [0.05, 0.1) is 11.5 Å². The van der Waals surface area contributed by atoms with Gasteiger partial charge < -0.3 is 14.9 Å². The fourth-order valence-electron chi connectivity index (χ4n) is 6.66. The topological polar surface area (TPSA) is 83.8 Å². The van der Waals surface area contributed by atoms with Gasteiger partial charge in [-0.05, 0) is 43.4 Å². The highest BCUT2D eigenvalue weighted by molar-refractivity contribution is 5.85. The monoisotopic (exact) mass is 377 g/mol. The van der Waals surface area contributed by atoms with Gasteiger partial charge in [-0.25, -0.2) is 4.79 Å². The maximum absolute atomic E-state index is 13.1. The summed E-state index contributed by atoms with van der Waals surface area (Å²) in [5, 5.41) is 20.6. The van der Waals surface area contributed by atoms with E-state index in [0.29, 0.717) is 12.8 Å². The molecule has 0 aromatic heterocycles. The average Bonchev–Trinajstić information content (AvgIpc) is 3.00. The van der Waals surface area contributed by atoms with Crippen LogP contribution in [-0.2, 0) is 14.3 Å². The molecule has 3 aliphatic rings. The molecule has 2 N–H and O–H groups in total. The molecule has 8 atom stereocenters. The maximum atomic E-state index is 13.1. The van der Waals surface area contributed by atoms with E-state index in [-0.39, 0.29) is 29.0 Å². The predicted octanol–water partition coefficient (Wildman–Crippen LogP) is 2.69. The molecule has 3 aliphatic carbocycles. The molecular formula is C22H33O5+. The van der Waals surface area contributed by atoms with E-state index in [4.69, 9.17) is 11.3 Å². The molecule has 5 nitrogen and oxygen atoms in total. The van der Waals surface area contributed by atoms with Gasteiger partial charge in [0.25, 0.3) is 0 Å². The van der Waals surface area contributed by atoms with Gasteiger partial charge in [-0.2, -0.15) is 0 Å². The summed E-state index contributed by atoms with van der Waals surface area (Å²) in [4.78, 5) is 25.2. The molecule has 3 rings (SSSR count). The summed E-state index contributed by atoms with van der Waals surface area (Å²) >= 11 is 0. The molecule has 3 saturated carbocycles. The first kappa shape index (κ1) is 20.4. The Morgan fingerprint density at radius 3 is 2.59 bits per heavy atom. The first-order valence-electron chi connectivity index (χ1n) is 10.1. The van der Waals surface area contributed by atoms with Crippen molar-refractivity contribution in [3.05, 3.63) is 12.7 Å². The molecular weight excluding hydrogens is 344 g/mol. The Balaban J connectivity index is 2.21. The second kappa shape index (κ2) is 6.65. The summed E-state index contributed by atoms with van der Waals surface area (Å²) in [5.41, 5.74) is -1.59. The first-order valence-corrected chi connectivity index (χ1v) is 10.1. The predicted molar refractivity (Wildman–Crippen MR) is 100 cm³/mol. The lowest BCUT2D eigenvalue weighted by Gasteiger charge is -2.61. The van der Waals surface area contributed by atoms with Crippen molar-refractivity contribution in [2.75, 3.05) is 6.61 Å². The SMILES string of the molecule is [CH+]=C[C@@]1(C)C[C@@H](OC(=O)CO)[C@@]2(C)C3C(=O)CC[C@]3(CC[C@H]2C)[C@@H](C)[C@@H]1O. The van der Waals surface area contributed by atoms with Crippen LogP contribution in [0.25, 0.3) is 0 Å². The van der Waals surface area contributed by atoms with Crippen molar-refractivity contribution >= 4 is 11.8 Å². The highest BCUT2D eigenvalue weighted by Gasteiger charge is 2.68. The standard InChI is InChI=1S/C22H33O5/c1-6-20(4)11-16(27-17(25)12-23)21(5)13(2)7-9-22(14(3)19(20)26)10-8-15(24)18(21)22/h1,6,13-14,16,18-19,23,26H,7-12H2,2-5H3/q+1/t13-,14+,16-,18?,19+,20+,21+,22-/m1/s1. The zero-order valence-electron chi connectivity index (χ0n) is 16.9. The van der Waals surface area contributed by atoms with Gasteiger partial charge in [0.1, 0.15) is 18.5 Å². The van der Waals surface area contributed by atoms with Crippen LogP contribution in [0.3, 0.4) is 0 Å². The van der Waals surface area contributed by atoms with Crippen LogP contribution in [0.2, 0.25) is 0 Å². The van der Waals surface area contributed by atoms with E-state index in [2.05, 4.69) is 20.8 Å². The summed E-state index contributed by atoms with van der Waals surface area (Å²) in [6.07, 6.45) is 3.61. The number of hydrogen-bond acceptors (Lipinski definition) is 5. The third-order valence-corrected chi connectivity index (χ3v) is 8.62. The van der Waals surface area contributed by atoms with Crippen LogP contribution >= 0.6 is 0 Å². The van der Waals surface area contributed by atoms with E-state index < -0.39 is 35.6 Å². The summed E-state index contributed by atoms with van der Waals surface area (Å²) in [5.74, 6) is -0.637. The van der Waals surface area contributed by atoms with Crippen molar-refractivity contribution < 1.29 is 24.5 Å². The lowest BCUT2D eigenvalue weighted by Crippen LogP contribution is -2.63. The molecule has 2 bridgehead atoms. The molecule has 0 aromatic carbocycles. The fraction of sp³-hybridized carbons (Fsp3) is 0.818. The quantitative estimate of drug-likeness (QED) is 0.584. The van der Waals surface area contributed by atoms with Gasteiger partial charge in [-0.1, -0.05) is 20.8 Å². The normalized spacial score (nSPS) is 49.7. The zero-order chi connectivity index (χ0) is 20.2. The largest absolute Gasteiger partial charge is 0.460 e. The molecule has 27 heavy (non-hydrogen) atoms. The van der Waals surface area contributed by atoms with Crippen molar-refractivity contribution in [3.8, 4) is 0 Å². The second-order valence-electron chi connectivity index (χ2n) is 9.68. The lowest BCUT2D eigenvalue weighted by molar-refractivity contribution is -0.207. The minimum absolute atomic E-state index is 0.0833. The number of hydrogen-bond donors (Lipinski definition) is 2. The molecule has 1 unspecified atom stereocenters. The number of carbonyl (C=O) groups excluding carboxylic acids is 2. The molecule has 5 heteroatoms. The summed E-state index contributed by atoms with van der Waals surface area (Å²) < 4.78 is 5.74. The summed E-state index contributed by atoms with van der Waals surface area (Å²) in [6, 6.07) is 0. The van der Waals surface area contributed by atoms with Gasteiger partial charge in [-0.15, -0.1) is 0 Å². The van der Waals surface area contributed by atoms with Gasteiger partial charge >= 0.3 is 5.97 Å². The Labute approximate surface area is 162 Å². The van der Waals surface area contributed by atoms with Crippen LogP contribution in [-0.4, -0.2) is 40.8 Å². The Morgan fingerprint density at radius 1 is 1.33 bits per heavy atom. The minimum atomic E-state index is -0.748. The number of ketones is 1. The van der Waals surface area contributed by atoms with E-state index in [9.17, 15) is 19.8 Å². The zero-order valence-corrected chi connectivity index (χ0v) is 16.9. The third kappa shape index (κ3) is 2.70. The van der Waals surface area contributed by atoms with Gasteiger partial charge in [0.15, 0.2) is 6.08 Å². The first-order chi connectivity index (χ1) is 12.6. The Hall–Kier alpha value is -1.29. The van der Waals surface area contributed by atoms with E-state index in [1.54, 1.807) is 0 Å². The lowest BCUT2D eigenvalue weighted by atomic mass is 9.44. The Bertz CT molecular complexity index is 645. The molecule has 0 heterocycles. The number of esters is 1. The van der Waals surface area contributed by atoms with Gasteiger partial charge in [-0.3, -0.25) is 4.79 Å². The summed E-state index contributed by atoms with van der Waals surface area (Å²) in [7, 11) is 0. The van der Waals surface area contributed by atoms with Crippen LogP contribution in [0.1, 0.15) is 59.8 Å². The number of Topliss-reactive ketones (excluding diaryl/α,β-unsaturated/α-hetero) is 1. The second-order valence-corrected chi connectivity index (χ2v) is 9.68. The molecule has 0 spiro atoms. The minimum Gasteiger partial charge on any atom is -0.460 e. The molecule has 0 radical (unpaired) electrons. The van der Waals surface area contributed by atoms with Gasteiger partial charge in [0.2, 0.25) is 6.58 Å². The molecule has 0 aliphatic heterocycles. The van der Waals surface area contributed by atoms with Gasteiger partial charge in [0, 0.05) is 24.2 Å². The molecule has 0 saturated heterocycles. The Morgan fingerprint density at radius 2 is 2.00 bits per heavy atom. The average molecular weight is 378 g/mol. The molecule has 0 amide bonds. The van der Waals surface area contributed by atoms with E-state index in [1.165, 1.54) is 6.08 Å². The number of ether oxygens (including phenoxy) is 1. The third-order valence-electron chi connectivity index (χ3n) is 8.62. The number of carbonyl (C=O) groups is 2. The van der Waals surface area contributed by atoms with Crippen LogP contribution in [0.5, 0.6) is 0 Å². The van der Waals surface area contributed by atoms with Crippen LogP contribution < -0.4 is 0 Å². The van der Waals surface area contributed by atoms with Crippen molar-refractivity contribution in [1.82, 2.24) is 0 Å². The van der Waals surface area contributed by atoms with Crippen molar-refractivity contribution in [2.45, 2.75) is 72.0 Å². The smallest absolute Gasteiger partial charge is 0.332 e. The van der Waals surface area contributed by atoms with E-state index >= 15 is 0 Å². The maximum Gasteiger partial charge on any atom is 0.332 e. The number of aliphatic hydroxyl groups excluding tert-OH is 2. The molecule has 3 fully saturated rings. The van der Waals surface area contributed by atoms with Crippen molar-refractivity contribution in [3.63, 3.8) is 0 Å². The van der Waals surface area contributed by atoms with Crippen LogP contribution in [0.4, 0.5) is 0 Å². The highest BCUT2D eigenvalue weighted by atomic mass is 16.6.